The first-order valence-corrected chi connectivity index (χ1v) is 3.87. The Balaban J connectivity index is 2.62. The molecule has 1 rings (SSSR count). The summed E-state index contributed by atoms with van der Waals surface area (Å²) in [6.07, 6.45) is 2.74. The molecule has 0 aliphatic carbocycles. The van der Waals surface area contributed by atoms with E-state index in [0.29, 0.717) is 5.92 Å². The molecule has 2 unspecified atom stereocenters. The maximum Gasteiger partial charge on any atom is 0.0994 e. The molecule has 0 aliphatic heterocycles. The second-order valence-corrected chi connectivity index (χ2v) is 2.81. The minimum Gasteiger partial charge on any atom is -0.322 e. The summed E-state index contributed by atoms with van der Waals surface area (Å²) in [6.45, 7) is 4.23. The van der Waals surface area contributed by atoms with Crippen molar-refractivity contribution >= 4 is 0 Å². The lowest BCUT2D eigenvalue weighted by molar-refractivity contribution is 0.448. The van der Waals surface area contributed by atoms with Gasteiger partial charge in [0.05, 0.1) is 17.9 Å². The van der Waals surface area contributed by atoms with Crippen molar-refractivity contribution in [2.24, 2.45) is 11.7 Å². The van der Waals surface area contributed by atoms with Crippen LogP contribution in [0.2, 0.25) is 0 Å². The SMILES string of the molecule is CCC(C)C(N)c1cn[nH]n1. The Kier molecular flexibility index (Phi) is 2.59. The molecule has 4 nitrogen and oxygen atoms in total. The van der Waals surface area contributed by atoms with E-state index in [1.807, 2.05) is 0 Å². The number of aromatic amines is 1. The first-order valence-electron chi connectivity index (χ1n) is 3.87. The van der Waals surface area contributed by atoms with Crippen molar-refractivity contribution in [3.8, 4) is 0 Å². The number of H-pyrrole nitrogens is 1. The Morgan fingerprint density at radius 3 is 2.91 bits per heavy atom. The molecule has 1 aromatic heterocycles. The van der Waals surface area contributed by atoms with Crippen molar-refractivity contribution in [1.82, 2.24) is 15.4 Å². The standard InChI is InChI=1S/C7H14N4/c1-3-5(2)7(8)6-4-9-11-10-6/h4-5,7H,3,8H2,1-2H3,(H,9,10,11). The van der Waals surface area contributed by atoms with Crippen LogP contribution in [0.25, 0.3) is 0 Å². The summed E-state index contributed by atoms with van der Waals surface area (Å²) in [7, 11) is 0. The van der Waals surface area contributed by atoms with Gasteiger partial charge < -0.3 is 5.73 Å². The number of hydrogen-bond donors (Lipinski definition) is 2. The van der Waals surface area contributed by atoms with E-state index < -0.39 is 0 Å². The molecule has 0 saturated carbocycles. The summed E-state index contributed by atoms with van der Waals surface area (Å²) >= 11 is 0. The van der Waals surface area contributed by atoms with E-state index >= 15 is 0 Å². The van der Waals surface area contributed by atoms with Gasteiger partial charge in [-0.3, -0.25) is 0 Å². The fourth-order valence-electron chi connectivity index (χ4n) is 0.917. The van der Waals surface area contributed by atoms with E-state index in [1.165, 1.54) is 0 Å². The van der Waals surface area contributed by atoms with Crippen molar-refractivity contribution in [3.05, 3.63) is 11.9 Å². The zero-order chi connectivity index (χ0) is 8.27. The van der Waals surface area contributed by atoms with Crippen LogP contribution in [-0.2, 0) is 0 Å². The van der Waals surface area contributed by atoms with Gasteiger partial charge >= 0.3 is 0 Å². The highest BCUT2D eigenvalue weighted by Crippen LogP contribution is 2.18. The largest absolute Gasteiger partial charge is 0.322 e. The van der Waals surface area contributed by atoms with E-state index in [0.717, 1.165) is 12.1 Å². The minimum atomic E-state index is 0.0127. The number of nitrogens with one attached hydrogen (secondary N) is 1. The number of rotatable bonds is 3. The smallest absolute Gasteiger partial charge is 0.0994 e. The molecule has 0 bridgehead atoms. The third-order valence-electron chi connectivity index (χ3n) is 2.03. The summed E-state index contributed by atoms with van der Waals surface area (Å²) in [6, 6.07) is 0.0127. The van der Waals surface area contributed by atoms with Crippen LogP contribution in [0.3, 0.4) is 0 Å². The number of aromatic nitrogens is 3. The van der Waals surface area contributed by atoms with Gasteiger partial charge in [0.2, 0.25) is 0 Å². The lowest BCUT2D eigenvalue weighted by Gasteiger charge is -2.14. The number of nitrogens with zero attached hydrogens (tertiary/aromatic N) is 2. The van der Waals surface area contributed by atoms with E-state index in [2.05, 4.69) is 29.3 Å². The zero-order valence-corrected chi connectivity index (χ0v) is 6.91. The van der Waals surface area contributed by atoms with Gasteiger partial charge in [-0.15, -0.1) is 0 Å². The lowest BCUT2D eigenvalue weighted by atomic mass is 9.98. The lowest BCUT2D eigenvalue weighted by Crippen LogP contribution is -2.18. The van der Waals surface area contributed by atoms with Gasteiger partial charge in [0.1, 0.15) is 0 Å². The molecule has 0 spiro atoms. The fraction of sp³-hybridized carbons (Fsp3) is 0.714. The van der Waals surface area contributed by atoms with Gasteiger partial charge in [0.25, 0.3) is 0 Å². The first kappa shape index (κ1) is 8.20. The Morgan fingerprint density at radius 2 is 2.45 bits per heavy atom. The highest BCUT2D eigenvalue weighted by Gasteiger charge is 2.14. The molecule has 0 radical (unpaired) electrons. The zero-order valence-electron chi connectivity index (χ0n) is 6.91. The van der Waals surface area contributed by atoms with Gasteiger partial charge in [0.15, 0.2) is 0 Å². The van der Waals surface area contributed by atoms with Gasteiger partial charge in [-0.1, -0.05) is 20.3 Å². The van der Waals surface area contributed by atoms with E-state index in [1.54, 1.807) is 6.20 Å². The molecule has 3 N–H and O–H groups in total. The minimum absolute atomic E-state index is 0.0127. The van der Waals surface area contributed by atoms with Crippen molar-refractivity contribution in [2.75, 3.05) is 0 Å². The normalized spacial score (nSPS) is 16.3. The third-order valence-corrected chi connectivity index (χ3v) is 2.03. The first-order chi connectivity index (χ1) is 5.25. The van der Waals surface area contributed by atoms with Crippen LogP contribution in [0.1, 0.15) is 32.0 Å². The van der Waals surface area contributed by atoms with E-state index in [-0.39, 0.29) is 6.04 Å². The topological polar surface area (TPSA) is 67.6 Å². The molecule has 0 aliphatic rings. The predicted octanol–water partition coefficient (Wildman–Crippen LogP) is 0.851. The Hall–Kier alpha value is -0.900. The summed E-state index contributed by atoms with van der Waals surface area (Å²) in [5.41, 5.74) is 6.72. The van der Waals surface area contributed by atoms with Crippen LogP contribution >= 0.6 is 0 Å². The molecule has 4 heteroatoms. The Labute approximate surface area is 66.2 Å². The predicted molar refractivity (Wildman–Crippen MR) is 42.8 cm³/mol. The third kappa shape index (κ3) is 1.77. The van der Waals surface area contributed by atoms with Crippen LogP contribution in [0.4, 0.5) is 0 Å². The Morgan fingerprint density at radius 1 is 1.73 bits per heavy atom. The van der Waals surface area contributed by atoms with E-state index in [4.69, 9.17) is 5.73 Å². The quantitative estimate of drug-likeness (QED) is 0.678. The van der Waals surface area contributed by atoms with Gasteiger partial charge in [-0.05, 0) is 5.92 Å². The number of nitrogens with two attached hydrogens (primary N) is 1. The van der Waals surface area contributed by atoms with E-state index in [9.17, 15) is 0 Å². The molecule has 62 valence electrons. The van der Waals surface area contributed by atoms with Gasteiger partial charge in [0, 0.05) is 0 Å². The monoisotopic (exact) mass is 154 g/mol. The summed E-state index contributed by atoms with van der Waals surface area (Å²) in [5, 5.41) is 10.2. The fourth-order valence-corrected chi connectivity index (χ4v) is 0.917. The second kappa shape index (κ2) is 3.48. The average molecular weight is 154 g/mol. The summed E-state index contributed by atoms with van der Waals surface area (Å²) in [5.74, 6) is 0.458. The molecule has 0 fully saturated rings. The molecule has 2 atom stereocenters. The molecular formula is C7H14N4. The number of hydrogen-bond acceptors (Lipinski definition) is 3. The molecule has 1 aromatic rings. The molecule has 0 amide bonds. The van der Waals surface area contributed by atoms with Gasteiger partial charge in [-0.25, -0.2) is 0 Å². The average Bonchev–Trinajstić information content (AvgIpc) is 2.53. The molecule has 1 heterocycles. The van der Waals surface area contributed by atoms with Crippen molar-refractivity contribution in [1.29, 1.82) is 0 Å². The van der Waals surface area contributed by atoms with Crippen LogP contribution in [-0.4, -0.2) is 15.4 Å². The highest BCUT2D eigenvalue weighted by molar-refractivity contribution is 4.99. The van der Waals surface area contributed by atoms with Crippen molar-refractivity contribution < 1.29 is 0 Å². The van der Waals surface area contributed by atoms with Crippen LogP contribution < -0.4 is 5.73 Å². The van der Waals surface area contributed by atoms with Crippen molar-refractivity contribution in [2.45, 2.75) is 26.3 Å². The molecular weight excluding hydrogens is 140 g/mol. The molecule has 0 aromatic carbocycles. The summed E-state index contributed by atoms with van der Waals surface area (Å²) < 4.78 is 0. The maximum absolute atomic E-state index is 5.87. The van der Waals surface area contributed by atoms with Crippen LogP contribution in [0.5, 0.6) is 0 Å². The van der Waals surface area contributed by atoms with Crippen LogP contribution in [0, 0.1) is 5.92 Å². The van der Waals surface area contributed by atoms with Crippen LogP contribution in [0.15, 0.2) is 6.20 Å². The van der Waals surface area contributed by atoms with Crippen molar-refractivity contribution in [3.63, 3.8) is 0 Å². The van der Waals surface area contributed by atoms with Gasteiger partial charge in [-0.2, -0.15) is 15.4 Å². The molecule has 11 heavy (non-hydrogen) atoms. The summed E-state index contributed by atoms with van der Waals surface area (Å²) in [4.78, 5) is 0. The molecule has 0 saturated heterocycles. The maximum atomic E-state index is 5.87. The Bertz CT molecular complexity index is 194. The highest BCUT2D eigenvalue weighted by atomic mass is 15.3. The second-order valence-electron chi connectivity index (χ2n) is 2.81.